The molecule has 2 rings (SSSR count). The van der Waals surface area contributed by atoms with Gasteiger partial charge in [-0.05, 0) is 35.5 Å². The topological polar surface area (TPSA) is 127 Å². The van der Waals surface area contributed by atoms with E-state index >= 15 is 0 Å². The molecular weight excluding hydrogens is 316 g/mol. The molecule has 0 fully saturated rings. The Kier molecular flexibility index (Phi) is 4.93. The van der Waals surface area contributed by atoms with E-state index in [9.17, 15) is 24.8 Å². The van der Waals surface area contributed by atoms with Gasteiger partial charge in [0.2, 0.25) is 5.91 Å². The molecular formula is C15H16N4O5. The van der Waals surface area contributed by atoms with Gasteiger partial charge >= 0.3 is 11.8 Å². The minimum atomic E-state index is -1.21. The minimum absolute atomic E-state index is 0.317. The van der Waals surface area contributed by atoms with Gasteiger partial charge in [0, 0.05) is 0 Å². The van der Waals surface area contributed by atoms with Crippen molar-refractivity contribution in [1.82, 2.24) is 15.1 Å². The van der Waals surface area contributed by atoms with Crippen LogP contribution in [0.4, 0.5) is 5.82 Å². The van der Waals surface area contributed by atoms with Crippen LogP contribution in [-0.2, 0) is 16.1 Å². The van der Waals surface area contributed by atoms with Crippen molar-refractivity contribution in [2.75, 3.05) is 0 Å². The van der Waals surface area contributed by atoms with Crippen LogP contribution in [0.1, 0.15) is 22.7 Å². The Morgan fingerprint density at radius 1 is 1.33 bits per heavy atom. The Hall–Kier alpha value is -3.23. The molecule has 1 unspecified atom stereocenters. The van der Waals surface area contributed by atoms with Crippen molar-refractivity contribution in [3.05, 3.63) is 57.3 Å². The van der Waals surface area contributed by atoms with E-state index in [0.717, 1.165) is 21.9 Å². The maximum atomic E-state index is 12.0. The van der Waals surface area contributed by atoms with Gasteiger partial charge in [-0.1, -0.05) is 18.2 Å². The number of nitro groups is 1. The number of carboxylic acids is 1. The van der Waals surface area contributed by atoms with Crippen molar-refractivity contribution in [2.24, 2.45) is 0 Å². The highest BCUT2D eigenvalue weighted by atomic mass is 16.6. The quantitative estimate of drug-likeness (QED) is 0.607. The second-order valence-electron chi connectivity index (χ2n) is 5.31. The molecule has 0 saturated heterocycles. The van der Waals surface area contributed by atoms with Crippen molar-refractivity contribution >= 4 is 17.7 Å². The molecule has 2 N–H and O–H groups in total. The van der Waals surface area contributed by atoms with Gasteiger partial charge in [-0.3, -0.25) is 4.79 Å². The minimum Gasteiger partial charge on any atom is -0.479 e. The van der Waals surface area contributed by atoms with Crippen molar-refractivity contribution in [3.63, 3.8) is 0 Å². The molecule has 9 heteroatoms. The zero-order valence-electron chi connectivity index (χ0n) is 13.1. The van der Waals surface area contributed by atoms with Crippen molar-refractivity contribution < 1.29 is 19.6 Å². The maximum absolute atomic E-state index is 12.0. The number of carboxylic acid groups (broad SMARTS) is 1. The summed E-state index contributed by atoms with van der Waals surface area (Å²) in [5.41, 5.74) is 2.37. The van der Waals surface area contributed by atoms with Crippen LogP contribution in [-0.4, -0.2) is 31.7 Å². The van der Waals surface area contributed by atoms with Gasteiger partial charge in [-0.2, -0.15) is 4.68 Å². The largest absolute Gasteiger partial charge is 0.479 e. The lowest BCUT2D eigenvalue weighted by molar-refractivity contribution is -0.389. The number of hydrogen-bond donors (Lipinski definition) is 2. The third-order valence-electron chi connectivity index (χ3n) is 3.54. The Balaban J connectivity index is 2.11. The van der Waals surface area contributed by atoms with E-state index in [-0.39, 0.29) is 12.4 Å². The third kappa shape index (κ3) is 3.94. The fourth-order valence-electron chi connectivity index (χ4n) is 2.12. The van der Waals surface area contributed by atoms with E-state index in [1.807, 2.05) is 13.8 Å². The number of carbonyl (C=O) groups is 2. The highest BCUT2D eigenvalue weighted by Gasteiger charge is 2.23. The number of nitrogens with one attached hydrogen (secondary N) is 1. The fourth-order valence-corrected chi connectivity index (χ4v) is 2.12. The molecule has 0 aliphatic carbocycles. The maximum Gasteiger partial charge on any atom is 0.389 e. The Morgan fingerprint density at radius 3 is 2.58 bits per heavy atom. The number of rotatable bonds is 6. The summed E-state index contributed by atoms with van der Waals surface area (Å²) in [6.07, 6.45) is 1.28. The number of carbonyl (C=O) groups excluding carboxylic acids is 1. The molecule has 0 aliphatic rings. The summed E-state index contributed by atoms with van der Waals surface area (Å²) in [5, 5.41) is 25.9. The van der Waals surface area contributed by atoms with Gasteiger partial charge in [-0.25, -0.2) is 4.79 Å². The van der Waals surface area contributed by atoms with Gasteiger partial charge in [0.15, 0.2) is 6.04 Å². The smallest absolute Gasteiger partial charge is 0.389 e. The highest BCUT2D eigenvalue weighted by Crippen LogP contribution is 2.17. The lowest BCUT2D eigenvalue weighted by Crippen LogP contribution is -2.36. The SMILES string of the molecule is Cc1ccc(C(NC(=O)Cn2ccc([N+](=O)[O-])n2)C(=O)O)cc1C. The molecule has 0 aliphatic heterocycles. The zero-order chi connectivity index (χ0) is 17.9. The van der Waals surface area contributed by atoms with Crippen molar-refractivity contribution in [1.29, 1.82) is 0 Å². The van der Waals surface area contributed by atoms with E-state index in [4.69, 9.17) is 0 Å². The van der Waals surface area contributed by atoms with Crippen LogP contribution in [0.3, 0.4) is 0 Å². The van der Waals surface area contributed by atoms with Gasteiger partial charge in [0.05, 0.1) is 17.4 Å². The molecule has 1 atom stereocenters. The molecule has 0 radical (unpaired) electrons. The van der Waals surface area contributed by atoms with E-state index < -0.39 is 22.8 Å². The van der Waals surface area contributed by atoms with Crippen LogP contribution >= 0.6 is 0 Å². The Labute approximate surface area is 137 Å². The molecule has 1 heterocycles. The number of aromatic nitrogens is 2. The normalized spacial score (nSPS) is 11.8. The van der Waals surface area contributed by atoms with Crippen LogP contribution in [0.25, 0.3) is 0 Å². The molecule has 1 aromatic heterocycles. The zero-order valence-corrected chi connectivity index (χ0v) is 13.1. The van der Waals surface area contributed by atoms with E-state index in [1.165, 1.54) is 6.20 Å². The van der Waals surface area contributed by atoms with Crippen LogP contribution < -0.4 is 5.32 Å². The van der Waals surface area contributed by atoms with Gasteiger partial charge in [-0.15, -0.1) is 0 Å². The standard InChI is InChI=1S/C15H16N4O5/c1-9-3-4-11(7-10(9)2)14(15(21)22)16-13(20)8-18-6-5-12(17-18)19(23)24/h3-7,14H,8H2,1-2H3,(H,16,20)(H,21,22). The Bertz CT molecular complexity index is 799. The molecule has 126 valence electrons. The van der Waals surface area contributed by atoms with Crippen LogP contribution in [0.15, 0.2) is 30.5 Å². The highest BCUT2D eigenvalue weighted by molar-refractivity contribution is 5.84. The molecule has 0 bridgehead atoms. The summed E-state index contributed by atoms with van der Waals surface area (Å²) in [4.78, 5) is 33.4. The fraction of sp³-hybridized carbons (Fsp3) is 0.267. The van der Waals surface area contributed by atoms with Crippen LogP contribution in [0.5, 0.6) is 0 Å². The van der Waals surface area contributed by atoms with Gasteiger partial charge < -0.3 is 20.5 Å². The second kappa shape index (κ2) is 6.90. The first kappa shape index (κ1) is 17.1. The van der Waals surface area contributed by atoms with Crippen molar-refractivity contribution in [3.8, 4) is 0 Å². The van der Waals surface area contributed by atoms with E-state index in [2.05, 4.69) is 10.4 Å². The molecule has 0 saturated carbocycles. The summed E-state index contributed by atoms with van der Waals surface area (Å²) < 4.78 is 1.08. The van der Waals surface area contributed by atoms with E-state index in [1.54, 1.807) is 18.2 Å². The number of hydrogen-bond acceptors (Lipinski definition) is 5. The predicted octanol–water partition coefficient (Wildman–Crippen LogP) is 1.35. The summed E-state index contributed by atoms with van der Waals surface area (Å²) >= 11 is 0. The lowest BCUT2D eigenvalue weighted by atomic mass is 10.0. The summed E-state index contributed by atoms with van der Waals surface area (Å²) in [6, 6.07) is 5.07. The first-order valence-electron chi connectivity index (χ1n) is 7.05. The monoisotopic (exact) mass is 332 g/mol. The number of nitrogens with zero attached hydrogens (tertiary/aromatic N) is 3. The number of amides is 1. The summed E-state index contributed by atoms with van der Waals surface area (Å²) in [6.45, 7) is 3.43. The van der Waals surface area contributed by atoms with Gasteiger partial charge in [0.25, 0.3) is 0 Å². The molecule has 0 spiro atoms. The van der Waals surface area contributed by atoms with Gasteiger partial charge in [0.1, 0.15) is 6.54 Å². The van der Waals surface area contributed by atoms with Crippen molar-refractivity contribution in [2.45, 2.75) is 26.4 Å². The summed E-state index contributed by atoms with van der Waals surface area (Å²) in [5.74, 6) is -2.19. The first-order chi connectivity index (χ1) is 11.3. The first-order valence-corrected chi connectivity index (χ1v) is 7.05. The number of aliphatic carboxylic acids is 1. The molecule has 1 aromatic carbocycles. The predicted molar refractivity (Wildman–Crippen MR) is 83.3 cm³/mol. The lowest BCUT2D eigenvalue weighted by Gasteiger charge is -2.15. The molecule has 1 amide bonds. The van der Waals surface area contributed by atoms with Crippen LogP contribution in [0.2, 0.25) is 0 Å². The Morgan fingerprint density at radius 2 is 2.04 bits per heavy atom. The second-order valence-corrected chi connectivity index (χ2v) is 5.31. The molecule has 9 nitrogen and oxygen atoms in total. The average molecular weight is 332 g/mol. The van der Waals surface area contributed by atoms with E-state index in [0.29, 0.717) is 5.56 Å². The third-order valence-corrected chi connectivity index (χ3v) is 3.54. The number of aryl methyl sites for hydroxylation is 2. The molecule has 24 heavy (non-hydrogen) atoms. The average Bonchev–Trinajstić information content (AvgIpc) is 2.96. The van der Waals surface area contributed by atoms with Crippen LogP contribution in [0, 0.1) is 24.0 Å². The molecule has 2 aromatic rings. The summed E-state index contributed by atoms with van der Waals surface area (Å²) in [7, 11) is 0. The number of benzene rings is 1.